The Morgan fingerprint density at radius 1 is 1.64 bits per heavy atom. The van der Waals surface area contributed by atoms with E-state index in [0.717, 1.165) is 3.79 Å². The fourth-order valence-corrected chi connectivity index (χ4v) is 2.75. The molecular formula is C8H9BrF2N2S. The van der Waals surface area contributed by atoms with Crippen LogP contribution in [0, 0.1) is 0 Å². The van der Waals surface area contributed by atoms with Gasteiger partial charge in [0.2, 0.25) is 5.92 Å². The number of halogens is 3. The Balaban J connectivity index is 1.94. The zero-order valence-corrected chi connectivity index (χ0v) is 9.67. The Morgan fingerprint density at radius 3 is 2.93 bits per heavy atom. The number of rotatable bonds is 2. The molecule has 2 nitrogen and oxygen atoms in total. The van der Waals surface area contributed by atoms with E-state index >= 15 is 0 Å². The van der Waals surface area contributed by atoms with E-state index in [0.29, 0.717) is 11.6 Å². The molecule has 2 rings (SSSR count). The Kier molecular flexibility index (Phi) is 2.74. The topological polar surface area (TPSA) is 24.9 Å². The van der Waals surface area contributed by atoms with Crippen molar-refractivity contribution in [3.8, 4) is 0 Å². The third-order valence-electron chi connectivity index (χ3n) is 2.21. The van der Waals surface area contributed by atoms with Crippen molar-refractivity contribution in [2.75, 3.05) is 5.32 Å². The summed E-state index contributed by atoms with van der Waals surface area (Å²) in [7, 11) is 0. The molecule has 0 bridgehead atoms. The highest BCUT2D eigenvalue weighted by molar-refractivity contribution is 9.11. The molecular weight excluding hydrogens is 274 g/mol. The maximum atomic E-state index is 12.8. The highest BCUT2D eigenvalue weighted by atomic mass is 79.9. The van der Waals surface area contributed by atoms with Crippen LogP contribution in [0.1, 0.15) is 19.3 Å². The average Bonchev–Trinajstić information content (AvgIpc) is 2.59. The highest BCUT2D eigenvalue weighted by Gasteiger charge is 2.39. The standard InChI is InChI=1S/C8H9BrF2N2S/c9-6-4-12-7(14-6)13-5-1-2-8(10,11)3-5/h4-5H,1-3H2,(H,12,13). The minimum Gasteiger partial charge on any atom is -0.359 e. The van der Waals surface area contributed by atoms with Crippen LogP contribution in [0.5, 0.6) is 0 Å². The van der Waals surface area contributed by atoms with Crippen molar-refractivity contribution in [3.05, 3.63) is 9.98 Å². The summed E-state index contributed by atoms with van der Waals surface area (Å²) < 4.78 is 26.6. The fourth-order valence-electron chi connectivity index (χ4n) is 1.57. The largest absolute Gasteiger partial charge is 0.359 e. The summed E-state index contributed by atoms with van der Waals surface area (Å²) >= 11 is 4.70. The third kappa shape index (κ3) is 2.42. The van der Waals surface area contributed by atoms with Gasteiger partial charge in [-0.2, -0.15) is 0 Å². The monoisotopic (exact) mass is 282 g/mol. The molecule has 1 heterocycles. The van der Waals surface area contributed by atoms with Crippen LogP contribution < -0.4 is 5.32 Å². The number of hydrogen-bond donors (Lipinski definition) is 1. The second kappa shape index (κ2) is 3.73. The Bertz CT molecular complexity index is 329. The summed E-state index contributed by atoms with van der Waals surface area (Å²) in [6, 6.07) is -0.136. The van der Waals surface area contributed by atoms with Gasteiger partial charge < -0.3 is 5.32 Å². The predicted molar refractivity (Wildman–Crippen MR) is 56.0 cm³/mol. The number of thiazole rings is 1. The highest BCUT2D eigenvalue weighted by Crippen LogP contribution is 2.37. The second-order valence-corrected chi connectivity index (χ2v) is 5.82. The molecule has 0 radical (unpaired) electrons. The molecule has 0 saturated heterocycles. The van der Waals surface area contributed by atoms with E-state index in [1.54, 1.807) is 6.20 Å². The van der Waals surface area contributed by atoms with Crippen molar-refractivity contribution >= 4 is 32.4 Å². The first-order valence-electron chi connectivity index (χ1n) is 4.31. The van der Waals surface area contributed by atoms with E-state index in [4.69, 9.17) is 0 Å². The van der Waals surface area contributed by atoms with Gasteiger partial charge in [-0.15, -0.1) is 0 Å². The summed E-state index contributed by atoms with van der Waals surface area (Å²) in [6.07, 6.45) is 2.09. The summed E-state index contributed by atoms with van der Waals surface area (Å²) in [5.41, 5.74) is 0. The van der Waals surface area contributed by atoms with Gasteiger partial charge in [0.05, 0.1) is 9.98 Å². The third-order valence-corrected chi connectivity index (χ3v) is 3.62. The molecule has 1 atom stereocenters. The van der Waals surface area contributed by atoms with Gasteiger partial charge in [-0.1, -0.05) is 11.3 Å². The summed E-state index contributed by atoms with van der Waals surface area (Å²) in [5.74, 6) is -2.49. The first-order chi connectivity index (χ1) is 6.55. The van der Waals surface area contributed by atoms with Gasteiger partial charge in [0.25, 0.3) is 0 Å². The second-order valence-electron chi connectivity index (χ2n) is 3.41. The lowest BCUT2D eigenvalue weighted by molar-refractivity contribution is 0.00853. The Labute approximate surface area is 92.9 Å². The zero-order chi connectivity index (χ0) is 10.2. The van der Waals surface area contributed by atoms with Gasteiger partial charge >= 0.3 is 0 Å². The van der Waals surface area contributed by atoms with E-state index in [-0.39, 0.29) is 18.9 Å². The number of nitrogens with one attached hydrogen (secondary N) is 1. The van der Waals surface area contributed by atoms with Crippen molar-refractivity contribution in [1.82, 2.24) is 4.98 Å². The van der Waals surface area contributed by atoms with E-state index in [2.05, 4.69) is 26.2 Å². The predicted octanol–water partition coefficient (Wildman–Crippen LogP) is 3.51. The summed E-state index contributed by atoms with van der Waals surface area (Å²) in [5, 5.41) is 3.72. The summed E-state index contributed by atoms with van der Waals surface area (Å²) in [6.45, 7) is 0. The van der Waals surface area contributed by atoms with E-state index in [1.165, 1.54) is 11.3 Å². The summed E-state index contributed by atoms with van der Waals surface area (Å²) in [4.78, 5) is 4.04. The molecule has 1 aromatic heterocycles. The van der Waals surface area contributed by atoms with Gasteiger partial charge in [0, 0.05) is 18.9 Å². The normalized spacial score (nSPS) is 25.2. The molecule has 1 unspecified atom stereocenters. The van der Waals surface area contributed by atoms with Crippen molar-refractivity contribution in [3.63, 3.8) is 0 Å². The molecule has 0 aromatic carbocycles. The molecule has 0 aliphatic heterocycles. The maximum absolute atomic E-state index is 12.8. The molecule has 1 N–H and O–H groups in total. The van der Waals surface area contributed by atoms with Gasteiger partial charge in [0.1, 0.15) is 0 Å². The Morgan fingerprint density at radius 2 is 2.43 bits per heavy atom. The quantitative estimate of drug-likeness (QED) is 0.898. The molecule has 14 heavy (non-hydrogen) atoms. The lowest BCUT2D eigenvalue weighted by Gasteiger charge is -2.11. The van der Waals surface area contributed by atoms with Crippen LogP contribution in [-0.4, -0.2) is 16.9 Å². The lowest BCUT2D eigenvalue weighted by atomic mass is 10.2. The molecule has 1 fully saturated rings. The molecule has 78 valence electrons. The van der Waals surface area contributed by atoms with Gasteiger partial charge in [0.15, 0.2) is 5.13 Å². The SMILES string of the molecule is FC1(F)CCC(Nc2ncc(Br)s2)C1. The smallest absolute Gasteiger partial charge is 0.250 e. The van der Waals surface area contributed by atoms with Gasteiger partial charge in [-0.25, -0.2) is 13.8 Å². The van der Waals surface area contributed by atoms with Crippen LogP contribution in [0.4, 0.5) is 13.9 Å². The number of alkyl halides is 2. The first kappa shape index (κ1) is 10.3. The number of aromatic nitrogens is 1. The molecule has 1 aliphatic rings. The Hall–Kier alpha value is -0.230. The first-order valence-corrected chi connectivity index (χ1v) is 5.92. The zero-order valence-electron chi connectivity index (χ0n) is 7.27. The van der Waals surface area contributed by atoms with Crippen molar-refractivity contribution in [2.24, 2.45) is 0 Å². The van der Waals surface area contributed by atoms with Crippen LogP contribution in [0.15, 0.2) is 9.98 Å². The van der Waals surface area contributed by atoms with E-state index in [1.807, 2.05) is 0 Å². The minimum atomic E-state index is -2.49. The molecule has 1 saturated carbocycles. The molecule has 0 spiro atoms. The van der Waals surface area contributed by atoms with Crippen molar-refractivity contribution in [1.29, 1.82) is 0 Å². The van der Waals surface area contributed by atoms with Crippen LogP contribution in [0.25, 0.3) is 0 Å². The van der Waals surface area contributed by atoms with Crippen LogP contribution >= 0.6 is 27.3 Å². The van der Waals surface area contributed by atoms with E-state index < -0.39 is 5.92 Å². The lowest BCUT2D eigenvalue weighted by Crippen LogP contribution is -2.18. The van der Waals surface area contributed by atoms with Gasteiger partial charge in [-0.05, 0) is 22.4 Å². The number of nitrogens with zero attached hydrogens (tertiary/aromatic N) is 1. The van der Waals surface area contributed by atoms with Crippen LogP contribution in [-0.2, 0) is 0 Å². The fraction of sp³-hybridized carbons (Fsp3) is 0.625. The molecule has 6 heteroatoms. The number of anilines is 1. The molecule has 0 amide bonds. The maximum Gasteiger partial charge on any atom is 0.250 e. The number of hydrogen-bond acceptors (Lipinski definition) is 3. The van der Waals surface area contributed by atoms with Crippen LogP contribution in [0.3, 0.4) is 0 Å². The molecule has 1 aromatic rings. The van der Waals surface area contributed by atoms with Crippen molar-refractivity contribution < 1.29 is 8.78 Å². The molecule has 1 aliphatic carbocycles. The minimum absolute atomic E-state index is 0.0167. The van der Waals surface area contributed by atoms with Crippen LogP contribution in [0.2, 0.25) is 0 Å². The van der Waals surface area contributed by atoms with E-state index in [9.17, 15) is 8.78 Å². The average molecular weight is 283 g/mol. The van der Waals surface area contributed by atoms with Gasteiger partial charge in [-0.3, -0.25) is 0 Å². The van der Waals surface area contributed by atoms with Crippen molar-refractivity contribution in [2.45, 2.75) is 31.2 Å².